The summed E-state index contributed by atoms with van der Waals surface area (Å²) in [6, 6.07) is 13.5. The van der Waals surface area contributed by atoms with Crippen LogP contribution in [0.25, 0.3) is 16.9 Å². The molecule has 3 nitrogen and oxygen atoms in total. The summed E-state index contributed by atoms with van der Waals surface area (Å²) in [5.41, 5.74) is 2.65. The Morgan fingerprint density at radius 3 is 2.62 bits per heavy atom. The van der Waals surface area contributed by atoms with E-state index in [9.17, 15) is 0 Å². The van der Waals surface area contributed by atoms with Crippen LogP contribution in [0.1, 0.15) is 0 Å². The quantitative estimate of drug-likeness (QED) is 0.601. The van der Waals surface area contributed by atoms with Gasteiger partial charge in [-0.05, 0) is 24.3 Å². The molecule has 2 aromatic heterocycles. The molecule has 0 atom stereocenters. The first-order chi connectivity index (χ1) is 7.84. The van der Waals surface area contributed by atoms with Gasteiger partial charge in [-0.3, -0.25) is 4.57 Å². The lowest BCUT2D eigenvalue weighted by atomic mass is 10.3. The minimum Gasteiger partial charge on any atom is -0.283 e. The molecule has 0 spiro atoms. The van der Waals surface area contributed by atoms with Crippen molar-refractivity contribution in [1.82, 2.24) is 14.5 Å². The molecule has 1 aromatic carbocycles. The molecule has 0 saturated heterocycles. The van der Waals surface area contributed by atoms with E-state index in [-0.39, 0.29) is 0 Å². The molecule has 3 rings (SSSR count). The van der Waals surface area contributed by atoms with Crippen LogP contribution in [0.2, 0.25) is 5.15 Å². The number of benzene rings is 1. The minimum atomic E-state index is 0.477. The number of rotatable bonds is 1. The molecule has 2 heterocycles. The number of para-hydroxylation sites is 1. The second kappa shape index (κ2) is 3.61. The first kappa shape index (κ1) is 9.36. The number of nitrogens with zero attached hydrogens (tertiary/aromatic N) is 3. The minimum absolute atomic E-state index is 0.477. The Morgan fingerprint density at radius 1 is 1.00 bits per heavy atom. The maximum atomic E-state index is 5.88. The molecular formula is C12H8ClN3. The van der Waals surface area contributed by atoms with Crippen LogP contribution in [-0.4, -0.2) is 14.5 Å². The van der Waals surface area contributed by atoms with Crippen LogP contribution in [0.15, 0.2) is 48.8 Å². The summed E-state index contributed by atoms with van der Waals surface area (Å²) in [4.78, 5) is 8.56. The van der Waals surface area contributed by atoms with Crippen LogP contribution in [0.5, 0.6) is 0 Å². The molecule has 0 amide bonds. The van der Waals surface area contributed by atoms with E-state index >= 15 is 0 Å². The highest BCUT2D eigenvalue weighted by Gasteiger charge is 2.05. The summed E-state index contributed by atoms with van der Waals surface area (Å²) in [6.07, 6.45) is 1.75. The third-order valence-electron chi connectivity index (χ3n) is 2.40. The van der Waals surface area contributed by atoms with Crippen molar-refractivity contribution in [2.45, 2.75) is 0 Å². The number of aromatic nitrogens is 3. The molecule has 0 saturated carbocycles. The lowest BCUT2D eigenvalue weighted by Gasteiger charge is -2.02. The maximum Gasteiger partial charge on any atom is 0.166 e. The first-order valence-corrected chi connectivity index (χ1v) is 5.27. The number of pyridine rings is 1. The Hall–Kier alpha value is -1.87. The number of halogens is 1. The SMILES string of the molecule is Clc1ccc2ncn(-c3ccccc3)c2n1. The fourth-order valence-corrected chi connectivity index (χ4v) is 1.79. The zero-order valence-corrected chi connectivity index (χ0v) is 9.09. The summed E-state index contributed by atoms with van der Waals surface area (Å²) in [5.74, 6) is 0. The number of imidazole rings is 1. The van der Waals surface area contributed by atoms with Crippen LogP contribution < -0.4 is 0 Å². The van der Waals surface area contributed by atoms with E-state index < -0.39 is 0 Å². The van der Waals surface area contributed by atoms with Gasteiger partial charge >= 0.3 is 0 Å². The summed E-state index contributed by atoms with van der Waals surface area (Å²) >= 11 is 5.88. The topological polar surface area (TPSA) is 30.7 Å². The molecule has 3 aromatic rings. The summed E-state index contributed by atoms with van der Waals surface area (Å²) in [5, 5.41) is 0.477. The molecule has 0 aliphatic heterocycles. The molecule has 0 radical (unpaired) electrons. The van der Waals surface area contributed by atoms with Crippen LogP contribution >= 0.6 is 11.6 Å². The lowest BCUT2D eigenvalue weighted by molar-refractivity contribution is 1.07. The van der Waals surface area contributed by atoms with Gasteiger partial charge in [-0.25, -0.2) is 9.97 Å². The Morgan fingerprint density at radius 2 is 1.81 bits per heavy atom. The normalized spacial score (nSPS) is 10.8. The number of fused-ring (bicyclic) bond motifs is 1. The fraction of sp³-hybridized carbons (Fsp3) is 0. The standard InChI is InChI=1S/C12H8ClN3/c13-11-7-6-10-12(15-11)16(8-14-10)9-4-2-1-3-5-9/h1-8H. The van der Waals surface area contributed by atoms with Gasteiger partial charge in [-0.1, -0.05) is 29.8 Å². The largest absolute Gasteiger partial charge is 0.283 e. The molecular weight excluding hydrogens is 222 g/mol. The Bertz CT molecular complexity index is 631. The number of hydrogen-bond donors (Lipinski definition) is 0. The zero-order chi connectivity index (χ0) is 11.0. The van der Waals surface area contributed by atoms with E-state index in [1.54, 1.807) is 12.4 Å². The second-order valence-corrected chi connectivity index (χ2v) is 3.81. The molecule has 16 heavy (non-hydrogen) atoms. The maximum absolute atomic E-state index is 5.88. The molecule has 0 aliphatic carbocycles. The van der Waals surface area contributed by atoms with Crippen LogP contribution in [0.4, 0.5) is 0 Å². The van der Waals surface area contributed by atoms with Gasteiger partial charge in [0.25, 0.3) is 0 Å². The predicted octanol–water partition coefficient (Wildman–Crippen LogP) is 3.07. The molecule has 0 fully saturated rings. The highest BCUT2D eigenvalue weighted by Crippen LogP contribution is 2.18. The summed E-state index contributed by atoms with van der Waals surface area (Å²) in [7, 11) is 0. The Labute approximate surface area is 97.3 Å². The molecule has 0 bridgehead atoms. The average Bonchev–Trinajstić information content (AvgIpc) is 2.73. The van der Waals surface area contributed by atoms with Crippen molar-refractivity contribution in [3.05, 3.63) is 53.9 Å². The van der Waals surface area contributed by atoms with Gasteiger partial charge < -0.3 is 0 Å². The van der Waals surface area contributed by atoms with Gasteiger partial charge in [0.1, 0.15) is 17.0 Å². The van der Waals surface area contributed by atoms with E-state index in [1.165, 1.54) is 0 Å². The molecule has 4 heteroatoms. The van der Waals surface area contributed by atoms with Gasteiger partial charge in [0.2, 0.25) is 0 Å². The molecule has 78 valence electrons. The monoisotopic (exact) mass is 229 g/mol. The van der Waals surface area contributed by atoms with E-state index in [0.717, 1.165) is 16.9 Å². The van der Waals surface area contributed by atoms with Gasteiger partial charge in [0.15, 0.2) is 5.65 Å². The van der Waals surface area contributed by atoms with E-state index in [0.29, 0.717) is 5.15 Å². The third kappa shape index (κ3) is 1.46. The van der Waals surface area contributed by atoms with E-state index in [4.69, 9.17) is 11.6 Å². The molecule has 0 unspecified atom stereocenters. The van der Waals surface area contributed by atoms with Crippen LogP contribution in [0.3, 0.4) is 0 Å². The van der Waals surface area contributed by atoms with Gasteiger partial charge in [-0.15, -0.1) is 0 Å². The zero-order valence-electron chi connectivity index (χ0n) is 8.34. The Kier molecular flexibility index (Phi) is 2.11. The van der Waals surface area contributed by atoms with Crippen molar-refractivity contribution in [2.24, 2.45) is 0 Å². The average molecular weight is 230 g/mol. The molecule has 0 aliphatic rings. The fourth-order valence-electron chi connectivity index (χ4n) is 1.65. The van der Waals surface area contributed by atoms with Crippen LogP contribution in [0, 0.1) is 0 Å². The van der Waals surface area contributed by atoms with Crippen LogP contribution in [-0.2, 0) is 0 Å². The second-order valence-electron chi connectivity index (χ2n) is 3.43. The smallest absolute Gasteiger partial charge is 0.166 e. The summed E-state index contributed by atoms with van der Waals surface area (Å²) in [6.45, 7) is 0. The van der Waals surface area contributed by atoms with E-state index in [2.05, 4.69) is 9.97 Å². The molecule has 0 N–H and O–H groups in total. The van der Waals surface area contributed by atoms with Crippen molar-refractivity contribution in [1.29, 1.82) is 0 Å². The summed E-state index contributed by atoms with van der Waals surface area (Å²) < 4.78 is 1.92. The highest BCUT2D eigenvalue weighted by molar-refractivity contribution is 6.29. The van der Waals surface area contributed by atoms with Crippen molar-refractivity contribution in [3.63, 3.8) is 0 Å². The third-order valence-corrected chi connectivity index (χ3v) is 2.61. The van der Waals surface area contributed by atoms with Gasteiger partial charge in [0, 0.05) is 5.69 Å². The van der Waals surface area contributed by atoms with Crippen molar-refractivity contribution >= 4 is 22.8 Å². The lowest BCUT2D eigenvalue weighted by Crippen LogP contribution is -1.92. The van der Waals surface area contributed by atoms with Gasteiger partial charge in [0.05, 0.1) is 0 Å². The van der Waals surface area contributed by atoms with Gasteiger partial charge in [-0.2, -0.15) is 0 Å². The predicted molar refractivity (Wildman–Crippen MR) is 63.9 cm³/mol. The van der Waals surface area contributed by atoms with Crippen molar-refractivity contribution in [2.75, 3.05) is 0 Å². The Balaban J connectivity index is 2.29. The highest BCUT2D eigenvalue weighted by atomic mass is 35.5. The van der Waals surface area contributed by atoms with E-state index in [1.807, 2.05) is 41.0 Å². The van der Waals surface area contributed by atoms with Crippen molar-refractivity contribution in [3.8, 4) is 5.69 Å². The number of hydrogen-bond acceptors (Lipinski definition) is 2. The first-order valence-electron chi connectivity index (χ1n) is 4.89. The van der Waals surface area contributed by atoms with Crippen molar-refractivity contribution < 1.29 is 0 Å².